The molecule has 0 unspecified atom stereocenters. The summed E-state index contributed by atoms with van der Waals surface area (Å²) in [6, 6.07) is 15.3. The van der Waals surface area contributed by atoms with E-state index in [1.54, 1.807) is 18.2 Å². The Labute approximate surface area is 126 Å². The molecule has 0 saturated carbocycles. The van der Waals surface area contributed by atoms with Crippen LogP contribution in [0, 0.1) is 10.1 Å². The zero-order valence-corrected chi connectivity index (χ0v) is 11.4. The van der Waals surface area contributed by atoms with Gasteiger partial charge in [-0.15, -0.1) is 0 Å². The fourth-order valence-electron chi connectivity index (χ4n) is 2.08. The van der Waals surface area contributed by atoms with Gasteiger partial charge in [-0.1, -0.05) is 42.5 Å². The van der Waals surface area contributed by atoms with Crippen molar-refractivity contribution in [2.75, 3.05) is 0 Å². The first kappa shape index (κ1) is 13.7. The number of amidine groups is 1. The van der Waals surface area contributed by atoms with Crippen LogP contribution in [-0.4, -0.2) is 16.7 Å². The number of nitrogens with one attached hydrogen (secondary N) is 1. The van der Waals surface area contributed by atoms with E-state index in [0.717, 1.165) is 5.56 Å². The van der Waals surface area contributed by atoms with E-state index in [1.165, 1.54) is 12.1 Å². The average molecular weight is 293 g/mol. The van der Waals surface area contributed by atoms with E-state index >= 15 is 0 Å². The highest BCUT2D eigenvalue weighted by atomic mass is 16.6. The van der Waals surface area contributed by atoms with Gasteiger partial charge in [-0.3, -0.25) is 14.9 Å². The summed E-state index contributed by atoms with van der Waals surface area (Å²) < 4.78 is 0. The standard InChI is InChI=1S/C16H11N3O3/c20-16-14(9-11-5-2-1-3-6-11)17-15(18-16)12-7-4-8-13(10-12)19(21)22/h1-10H,(H,17,18,20). The summed E-state index contributed by atoms with van der Waals surface area (Å²) in [5, 5.41) is 13.4. The van der Waals surface area contributed by atoms with Crippen LogP contribution < -0.4 is 5.32 Å². The molecule has 0 radical (unpaired) electrons. The molecule has 108 valence electrons. The van der Waals surface area contributed by atoms with Crippen LogP contribution in [0.5, 0.6) is 0 Å². The van der Waals surface area contributed by atoms with E-state index in [1.807, 2.05) is 30.3 Å². The van der Waals surface area contributed by atoms with Crippen LogP contribution in [0.25, 0.3) is 6.08 Å². The highest BCUT2D eigenvalue weighted by molar-refractivity contribution is 6.19. The van der Waals surface area contributed by atoms with Crippen molar-refractivity contribution in [2.24, 2.45) is 4.99 Å². The predicted molar refractivity (Wildman–Crippen MR) is 82.2 cm³/mol. The molecule has 6 heteroatoms. The summed E-state index contributed by atoms with van der Waals surface area (Å²) >= 11 is 0. The number of non-ortho nitro benzene ring substituents is 1. The Kier molecular flexibility index (Phi) is 3.49. The lowest BCUT2D eigenvalue weighted by Gasteiger charge is -1.99. The number of nitro benzene ring substituents is 1. The summed E-state index contributed by atoms with van der Waals surface area (Å²) in [5.41, 5.74) is 1.58. The smallest absolute Gasteiger partial charge is 0.275 e. The summed E-state index contributed by atoms with van der Waals surface area (Å²) in [6.07, 6.45) is 1.67. The number of carbonyl (C=O) groups excluding carboxylic acids is 1. The van der Waals surface area contributed by atoms with Crippen molar-refractivity contribution in [3.05, 3.63) is 81.5 Å². The first-order chi connectivity index (χ1) is 10.6. The minimum Gasteiger partial charge on any atom is -0.305 e. The van der Waals surface area contributed by atoms with Gasteiger partial charge in [-0.2, -0.15) is 0 Å². The topological polar surface area (TPSA) is 84.6 Å². The van der Waals surface area contributed by atoms with Crippen molar-refractivity contribution in [1.82, 2.24) is 5.32 Å². The molecule has 1 N–H and O–H groups in total. The van der Waals surface area contributed by atoms with Crippen LogP contribution in [0.3, 0.4) is 0 Å². The van der Waals surface area contributed by atoms with Crippen LogP contribution in [0.15, 0.2) is 65.3 Å². The molecule has 1 aliphatic heterocycles. The lowest BCUT2D eigenvalue weighted by Crippen LogP contribution is -2.24. The first-order valence-electron chi connectivity index (χ1n) is 6.55. The van der Waals surface area contributed by atoms with Gasteiger partial charge >= 0.3 is 0 Å². The van der Waals surface area contributed by atoms with E-state index in [2.05, 4.69) is 10.3 Å². The zero-order chi connectivity index (χ0) is 15.5. The third-order valence-corrected chi connectivity index (χ3v) is 3.13. The van der Waals surface area contributed by atoms with Crippen LogP contribution in [0.1, 0.15) is 11.1 Å². The molecule has 0 spiro atoms. The van der Waals surface area contributed by atoms with Crippen molar-refractivity contribution in [3.8, 4) is 0 Å². The maximum atomic E-state index is 12.0. The Hall–Kier alpha value is -3.28. The quantitative estimate of drug-likeness (QED) is 0.536. The SMILES string of the molecule is O=C1NC(c2cccc([N+](=O)[O-])c2)=NC1=Cc1ccccc1. The van der Waals surface area contributed by atoms with Gasteiger partial charge < -0.3 is 5.32 Å². The largest absolute Gasteiger partial charge is 0.305 e. The normalized spacial score (nSPS) is 15.5. The van der Waals surface area contributed by atoms with Gasteiger partial charge in [-0.05, 0) is 11.6 Å². The maximum Gasteiger partial charge on any atom is 0.275 e. The predicted octanol–water partition coefficient (Wildman–Crippen LogP) is 2.51. The van der Waals surface area contributed by atoms with Crippen LogP contribution in [0.4, 0.5) is 5.69 Å². The molecule has 2 aromatic carbocycles. The van der Waals surface area contributed by atoms with Crippen molar-refractivity contribution in [1.29, 1.82) is 0 Å². The van der Waals surface area contributed by atoms with E-state index in [9.17, 15) is 14.9 Å². The molecule has 0 saturated heterocycles. The third-order valence-electron chi connectivity index (χ3n) is 3.13. The van der Waals surface area contributed by atoms with E-state index in [0.29, 0.717) is 11.4 Å². The second kappa shape index (κ2) is 5.61. The van der Waals surface area contributed by atoms with Gasteiger partial charge in [-0.25, -0.2) is 4.99 Å². The molecule has 1 amide bonds. The zero-order valence-electron chi connectivity index (χ0n) is 11.4. The van der Waals surface area contributed by atoms with Crippen LogP contribution >= 0.6 is 0 Å². The second-order valence-corrected chi connectivity index (χ2v) is 4.66. The van der Waals surface area contributed by atoms with Crippen molar-refractivity contribution in [3.63, 3.8) is 0 Å². The first-order valence-corrected chi connectivity index (χ1v) is 6.55. The molecule has 0 fully saturated rings. The molecule has 0 aromatic heterocycles. The van der Waals surface area contributed by atoms with Crippen molar-refractivity contribution in [2.45, 2.75) is 0 Å². The Balaban J connectivity index is 1.95. The van der Waals surface area contributed by atoms with E-state index in [4.69, 9.17) is 0 Å². The molecule has 22 heavy (non-hydrogen) atoms. The molecule has 0 atom stereocenters. The highest BCUT2D eigenvalue weighted by Crippen LogP contribution is 2.18. The average Bonchev–Trinajstić information content (AvgIpc) is 2.89. The number of benzene rings is 2. The summed E-state index contributed by atoms with van der Waals surface area (Å²) in [6.45, 7) is 0. The number of amides is 1. The summed E-state index contributed by atoms with van der Waals surface area (Å²) in [7, 11) is 0. The molecule has 0 bridgehead atoms. The molecule has 1 heterocycles. The monoisotopic (exact) mass is 293 g/mol. The van der Waals surface area contributed by atoms with Gasteiger partial charge in [0.05, 0.1) is 4.92 Å². The van der Waals surface area contributed by atoms with Gasteiger partial charge in [0.2, 0.25) is 0 Å². The Morgan fingerprint density at radius 2 is 1.86 bits per heavy atom. The molecule has 3 rings (SSSR count). The molecule has 1 aliphatic rings. The lowest BCUT2D eigenvalue weighted by atomic mass is 10.2. The van der Waals surface area contributed by atoms with Crippen LogP contribution in [-0.2, 0) is 4.79 Å². The van der Waals surface area contributed by atoms with Gasteiger partial charge in [0.25, 0.3) is 11.6 Å². The van der Waals surface area contributed by atoms with Crippen molar-refractivity contribution < 1.29 is 9.72 Å². The van der Waals surface area contributed by atoms with Crippen molar-refractivity contribution >= 4 is 23.5 Å². The Morgan fingerprint density at radius 3 is 2.59 bits per heavy atom. The molecule has 6 nitrogen and oxygen atoms in total. The number of hydrogen-bond acceptors (Lipinski definition) is 4. The third kappa shape index (κ3) is 2.76. The molecule has 0 aliphatic carbocycles. The minimum absolute atomic E-state index is 0.0464. The number of nitro groups is 1. The van der Waals surface area contributed by atoms with Gasteiger partial charge in [0.15, 0.2) is 0 Å². The number of rotatable bonds is 3. The summed E-state index contributed by atoms with van der Waals surface area (Å²) in [4.78, 5) is 26.5. The number of nitrogens with zero attached hydrogens (tertiary/aromatic N) is 2. The lowest BCUT2D eigenvalue weighted by molar-refractivity contribution is -0.384. The highest BCUT2D eigenvalue weighted by Gasteiger charge is 2.22. The van der Waals surface area contributed by atoms with Crippen LogP contribution in [0.2, 0.25) is 0 Å². The Bertz CT molecular complexity index is 810. The summed E-state index contributed by atoms with van der Waals surface area (Å²) in [5.74, 6) is -0.0127. The second-order valence-electron chi connectivity index (χ2n) is 4.66. The van der Waals surface area contributed by atoms with E-state index in [-0.39, 0.29) is 17.3 Å². The Morgan fingerprint density at radius 1 is 1.09 bits per heavy atom. The molecule has 2 aromatic rings. The molecular formula is C16H11N3O3. The maximum absolute atomic E-state index is 12.0. The fourth-order valence-corrected chi connectivity index (χ4v) is 2.08. The number of hydrogen-bond donors (Lipinski definition) is 1. The minimum atomic E-state index is -0.485. The van der Waals surface area contributed by atoms with Gasteiger partial charge in [0.1, 0.15) is 11.5 Å². The number of aliphatic imine (C=N–C) groups is 1. The van der Waals surface area contributed by atoms with Gasteiger partial charge in [0, 0.05) is 17.7 Å². The number of carbonyl (C=O) groups is 1. The molecular weight excluding hydrogens is 282 g/mol. The van der Waals surface area contributed by atoms with E-state index < -0.39 is 4.92 Å². The fraction of sp³-hybridized carbons (Fsp3) is 0.